The number of methoxy groups -OCH3 is 1. The van der Waals surface area contributed by atoms with Crippen LogP contribution in [0.25, 0.3) is 0 Å². The zero-order chi connectivity index (χ0) is 22.9. The summed E-state index contributed by atoms with van der Waals surface area (Å²) in [5, 5.41) is 9.15. The SMILES string of the molecule is COc1ccc([C@H]2[C@@H](C)C(C(=O)NN3CCc4ccccc43)=NN2c2ccccc2Cl)cc1. The van der Waals surface area contributed by atoms with Crippen LogP contribution in [0.2, 0.25) is 5.02 Å². The number of hydrazone groups is 1. The van der Waals surface area contributed by atoms with Crippen molar-refractivity contribution in [3.05, 3.63) is 88.9 Å². The Kier molecular flexibility index (Phi) is 5.68. The van der Waals surface area contributed by atoms with Gasteiger partial charge in [0.25, 0.3) is 5.91 Å². The van der Waals surface area contributed by atoms with Gasteiger partial charge in [0.1, 0.15) is 11.5 Å². The van der Waals surface area contributed by atoms with E-state index >= 15 is 0 Å². The number of benzene rings is 3. The fraction of sp³-hybridized carbons (Fsp3) is 0.231. The fourth-order valence-corrected chi connectivity index (χ4v) is 4.81. The van der Waals surface area contributed by atoms with E-state index in [1.54, 1.807) is 7.11 Å². The van der Waals surface area contributed by atoms with Gasteiger partial charge in [-0.3, -0.25) is 20.2 Å². The molecule has 2 aliphatic heterocycles. The van der Waals surface area contributed by atoms with Gasteiger partial charge in [0.2, 0.25) is 0 Å². The number of anilines is 2. The van der Waals surface area contributed by atoms with Crippen LogP contribution < -0.4 is 20.2 Å². The summed E-state index contributed by atoms with van der Waals surface area (Å²) in [4.78, 5) is 13.4. The number of hydrogen-bond acceptors (Lipinski definition) is 5. The third-order valence-electron chi connectivity index (χ3n) is 6.30. The predicted octanol–water partition coefficient (Wildman–Crippen LogP) is 5.00. The highest BCUT2D eigenvalue weighted by Gasteiger charge is 2.40. The third-order valence-corrected chi connectivity index (χ3v) is 6.62. The highest BCUT2D eigenvalue weighted by Crippen LogP contribution is 2.42. The van der Waals surface area contributed by atoms with Crippen LogP contribution in [0.4, 0.5) is 11.4 Å². The minimum Gasteiger partial charge on any atom is -0.497 e. The van der Waals surface area contributed by atoms with Crippen LogP contribution in [0.3, 0.4) is 0 Å². The molecule has 0 aliphatic carbocycles. The summed E-state index contributed by atoms with van der Waals surface area (Å²) in [6, 6.07) is 23.4. The molecule has 0 saturated heterocycles. The molecule has 3 aromatic carbocycles. The first-order valence-electron chi connectivity index (χ1n) is 11.0. The van der Waals surface area contributed by atoms with Crippen LogP contribution in [0.15, 0.2) is 77.9 Å². The molecule has 0 aromatic heterocycles. The van der Waals surface area contributed by atoms with Crippen LogP contribution in [0.5, 0.6) is 5.75 Å². The summed E-state index contributed by atoms with van der Waals surface area (Å²) in [5.74, 6) is 0.417. The molecule has 0 unspecified atom stereocenters. The van der Waals surface area contributed by atoms with Crippen LogP contribution in [-0.4, -0.2) is 25.3 Å². The Morgan fingerprint density at radius 3 is 2.45 bits per heavy atom. The molecular weight excluding hydrogens is 436 g/mol. The molecule has 33 heavy (non-hydrogen) atoms. The van der Waals surface area contributed by atoms with Crippen LogP contribution >= 0.6 is 11.6 Å². The molecule has 1 amide bonds. The van der Waals surface area contributed by atoms with E-state index in [0.717, 1.165) is 35.7 Å². The lowest BCUT2D eigenvalue weighted by Gasteiger charge is -2.27. The number of carbonyl (C=O) groups is 1. The Balaban J connectivity index is 1.47. The summed E-state index contributed by atoms with van der Waals surface area (Å²) in [5.41, 5.74) is 7.60. The van der Waals surface area contributed by atoms with E-state index < -0.39 is 0 Å². The van der Waals surface area contributed by atoms with Gasteiger partial charge in [0.05, 0.1) is 29.5 Å². The summed E-state index contributed by atoms with van der Waals surface area (Å²) in [6.45, 7) is 2.77. The second kappa shape index (κ2) is 8.79. The molecule has 5 rings (SSSR count). The second-order valence-electron chi connectivity index (χ2n) is 8.26. The Hall–Kier alpha value is -3.51. The van der Waals surface area contributed by atoms with E-state index in [-0.39, 0.29) is 17.9 Å². The van der Waals surface area contributed by atoms with Crippen LogP contribution in [-0.2, 0) is 11.2 Å². The Morgan fingerprint density at radius 2 is 1.73 bits per heavy atom. The highest BCUT2D eigenvalue weighted by atomic mass is 35.5. The number of carbonyl (C=O) groups excluding carboxylic acids is 1. The molecule has 3 aromatic rings. The largest absolute Gasteiger partial charge is 0.497 e. The number of rotatable bonds is 5. The molecule has 0 spiro atoms. The number of para-hydroxylation sites is 2. The number of ether oxygens (including phenoxy) is 1. The van der Waals surface area contributed by atoms with Crippen molar-refractivity contribution >= 4 is 34.6 Å². The number of halogens is 1. The van der Waals surface area contributed by atoms with Crippen molar-refractivity contribution in [1.82, 2.24) is 5.43 Å². The maximum Gasteiger partial charge on any atom is 0.286 e. The van der Waals surface area contributed by atoms with Gasteiger partial charge >= 0.3 is 0 Å². The zero-order valence-electron chi connectivity index (χ0n) is 18.5. The fourth-order valence-electron chi connectivity index (χ4n) is 4.59. The van der Waals surface area contributed by atoms with Gasteiger partial charge in [-0.05, 0) is 47.9 Å². The molecule has 0 saturated carbocycles. The van der Waals surface area contributed by atoms with Crippen molar-refractivity contribution in [2.24, 2.45) is 11.0 Å². The zero-order valence-corrected chi connectivity index (χ0v) is 19.3. The van der Waals surface area contributed by atoms with Gasteiger partial charge in [-0.15, -0.1) is 0 Å². The van der Waals surface area contributed by atoms with Gasteiger partial charge < -0.3 is 4.74 Å². The second-order valence-corrected chi connectivity index (χ2v) is 8.67. The molecular formula is C26H25ClN4O2. The van der Waals surface area contributed by atoms with E-state index in [2.05, 4.69) is 11.5 Å². The standard InChI is InChI=1S/C26H25ClN4O2/c1-17-24(26(32)29-30-16-15-18-7-3-5-9-22(18)30)28-31(23-10-6-4-8-21(23)27)25(17)19-11-13-20(33-2)14-12-19/h3-14,17,25H,15-16H2,1-2H3,(H,29,32)/t17-,25+/m0/s1. The van der Waals surface area contributed by atoms with Crippen molar-refractivity contribution in [2.45, 2.75) is 19.4 Å². The first-order valence-corrected chi connectivity index (χ1v) is 11.4. The van der Waals surface area contributed by atoms with Crippen molar-refractivity contribution in [3.8, 4) is 5.75 Å². The monoisotopic (exact) mass is 460 g/mol. The van der Waals surface area contributed by atoms with Gasteiger partial charge in [-0.2, -0.15) is 5.10 Å². The number of nitrogens with zero attached hydrogens (tertiary/aromatic N) is 3. The smallest absolute Gasteiger partial charge is 0.286 e. The third kappa shape index (κ3) is 3.91. The van der Waals surface area contributed by atoms with Gasteiger partial charge in [0, 0.05) is 12.5 Å². The van der Waals surface area contributed by atoms with E-state index in [0.29, 0.717) is 10.7 Å². The first-order chi connectivity index (χ1) is 16.1. The van der Waals surface area contributed by atoms with Crippen LogP contribution in [0, 0.1) is 5.92 Å². The van der Waals surface area contributed by atoms with Crippen molar-refractivity contribution in [1.29, 1.82) is 0 Å². The predicted molar refractivity (Wildman–Crippen MR) is 132 cm³/mol. The molecule has 168 valence electrons. The van der Waals surface area contributed by atoms with Crippen molar-refractivity contribution in [2.75, 3.05) is 23.7 Å². The summed E-state index contributed by atoms with van der Waals surface area (Å²) in [7, 11) is 1.64. The number of fused-ring (bicyclic) bond motifs is 1. The van der Waals surface area contributed by atoms with Crippen LogP contribution in [0.1, 0.15) is 24.1 Å². The molecule has 0 bridgehead atoms. The van der Waals surface area contributed by atoms with Gasteiger partial charge in [-0.1, -0.05) is 61.0 Å². The Labute approximate surface area is 198 Å². The number of nitrogens with one attached hydrogen (secondary N) is 1. The number of hydrogen-bond donors (Lipinski definition) is 1. The summed E-state index contributed by atoms with van der Waals surface area (Å²) >= 11 is 6.53. The average molecular weight is 461 g/mol. The minimum absolute atomic E-state index is 0.160. The molecule has 1 N–H and O–H groups in total. The summed E-state index contributed by atoms with van der Waals surface area (Å²) < 4.78 is 5.32. The molecule has 7 heteroatoms. The molecule has 2 aliphatic rings. The molecule has 0 fully saturated rings. The van der Waals surface area contributed by atoms with E-state index in [1.807, 2.05) is 83.7 Å². The topological polar surface area (TPSA) is 57.2 Å². The van der Waals surface area contributed by atoms with E-state index in [9.17, 15) is 4.79 Å². The van der Waals surface area contributed by atoms with Crippen molar-refractivity contribution < 1.29 is 9.53 Å². The van der Waals surface area contributed by atoms with Gasteiger partial charge in [0.15, 0.2) is 0 Å². The maximum atomic E-state index is 13.4. The van der Waals surface area contributed by atoms with Gasteiger partial charge in [-0.25, -0.2) is 0 Å². The average Bonchev–Trinajstić information content (AvgIpc) is 3.40. The van der Waals surface area contributed by atoms with Crippen molar-refractivity contribution in [3.63, 3.8) is 0 Å². The lowest BCUT2D eigenvalue weighted by atomic mass is 9.91. The summed E-state index contributed by atoms with van der Waals surface area (Å²) in [6.07, 6.45) is 0.901. The molecule has 6 nitrogen and oxygen atoms in total. The number of hydrazine groups is 1. The highest BCUT2D eigenvalue weighted by molar-refractivity contribution is 6.41. The maximum absolute atomic E-state index is 13.4. The Morgan fingerprint density at radius 1 is 1.03 bits per heavy atom. The van der Waals surface area contributed by atoms with E-state index in [1.165, 1.54) is 5.56 Å². The quantitative estimate of drug-likeness (QED) is 0.582. The van der Waals surface area contributed by atoms with E-state index in [4.69, 9.17) is 21.4 Å². The first kappa shape index (κ1) is 21.3. The number of amides is 1. The Bertz CT molecular complexity index is 1210. The minimum atomic E-state index is -0.202. The lowest BCUT2D eigenvalue weighted by Crippen LogP contribution is -2.45. The lowest BCUT2D eigenvalue weighted by molar-refractivity contribution is -0.115. The molecule has 2 atom stereocenters. The molecule has 2 heterocycles. The normalized spacial score (nSPS) is 19.3. The molecule has 0 radical (unpaired) electrons.